The van der Waals surface area contributed by atoms with Gasteiger partial charge in [-0.15, -0.1) is 0 Å². The van der Waals surface area contributed by atoms with Crippen molar-refractivity contribution in [3.8, 4) is 5.75 Å². The van der Waals surface area contributed by atoms with E-state index in [0.717, 1.165) is 12.3 Å². The predicted molar refractivity (Wildman–Crippen MR) is 66.1 cm³/mol. The van der Waals surface area contributed by atoms with Crippen LogP contribution in [0.25, 0.3) is 0 Å². The van der Waals surface area contributed by atoms with Crippen LogP contribution in [0.1, 0.15) is 38.2 Å². The average Bonchev–Trinajstić information content (AvgIpc) is 2.27. The minimum absolute atomic E-state index is 0.107. The number of rotatable bonds is 2. The van der Waals surface area contributed by atoms with Crippen molar-refractivity contribution in [2.24, 2.45) is 0 Å². The number of ether oxygens (including phenoxy) is 1. The molecule has 1 aromatic carbocycles. The number of benzene rings is 1. The van der Waals surface area contributed by atoms with E-state index >= 15 is 0 Å². The number of hydrogen-bond donors (Lipinski definition) is 1. The topological polar surface area (TPSA) is 21.3 Å². The van der Waals surface area contributed by atoms with Gasteiger partial charge in [-0.3, -0.25) is 0 Å². The van der Waals surface area contributed by atoms with Crippen LogP contribution in [-0.2, 0) is 6.42 Å². The number of fused-ring (bicyclic) bond motifs is 1. The quantitative estimate of drug-likeness (QED) is 0.820. The van der Waals surface area contributed by atoms with E-state index in [9.17, 15) is 0 Å². The molecule has 0 unspecified atom stereocenters. The van der Waals surface area contributed by atoms with E-state index < -0.39 is 0 Å². The predicted octanol–water partition coefficient (Wildman–Crippen LogP) is 3.37. The molecule has 0 amide bonds. The van der Waals surface area contributed by atoms with Crippen molar-refractivity contribution in [2.45, 2.75) is 44.6 Å². The zero-order valence-electron chi connectivity index (χ0n) is 9.88. The van der Waals surface area contributed by atoms with Crippen molar-refractivity contribution < 1.29 is 4.74 Å². The molecule has 86 valence electrons. The number of anilines is 1. The Morgan fingerprint density at radius 3 is 2.88 bits per heavy atom. The van der Waals surface area contributed by atoms with Gasteiger partial charge in [0.2, 0.25) is 0 Å². The summed E-state index contributed by atoms with van der Waals surface area (Å²) < 4.78 is 6.08. The molecule has 0 radical (unpaired) electrons. The summed E-state index contributed by atoms with van der Waals surface area (Å²) >= 11 is 0. The summed E-state index contributed by atoms with van der Waals surface area (Å²) in [7, 11) is 0. The van der Waals surface area contributed by atoms with Gasteiger partial charge in [-0.1, -0.05) is 0 Å². The zero-order valence-corrected chi connectivity index (χ0v) is 9.88. The first kappa shape index (κ1) is 10.0. The second-order valence-corrected chi connectivity index (χ2v) is 5.25. The van der Waals surface area contributed by atoms with Crippen molar-refractivity contribution >= 4 is 5.69 Å². The van der Waals surface area contributed by atoms with E-state index in [4.69, 9.17) is 4.74 Å². The van der Waals surface area contributed by atoms with Crippen molar-refractivity contribution in [1.82, 2.24) is 0 Å². The Morgan fingerprint density at radius 2 is 2.12 bits per heavy atom. The second kappa shape index (κ2) is 3.69. The summed E-state index contributed by atoms with van der Waals surface area (Å²) in [5.41, 5.74) is 2.81. The van der Waals surface area contributed by atoms with E-state index in [2.05, 4.69) is 30.4 Å². The molecule has 0 saturated heterocycles. The standard InChI is InChI=1S/C14H19NO/c1-14(7-3-8-14)16-12-5-6-13-11(10-12)4-2-9-15-13/h5-6,10,15H,2-4,7-9H2,1H3. The average molecular weight is 217 g/mol. The van der Waals surface area contributed by atoms with Gasteiger partial charge in [0.1, 0.15) is 11.4 Å². The molecule has 1 fully saturated rings. The van der Waals surface area contributed by atoms with Gasteiger partial charge in [-0.05, 0) is 62.8 Å². The van der Waals surface area contributed by atoms with Crippen molar-refractivity contribution in [2.75, 3.05) is 11.9 Å². The monoisotopic (exact) mass is 217 g/mol. The first-order valence-corrected chi connectivity index (χ1v) is 6.31. The normalized spacial score (nSPS) is 21.6. The first-order chi connectivity index (χ1) is 7.75. The van der Waals surface area contributed by atoms with Crippen LogP contribution in [0.15, 0.2) is 18.2 Å². The molecule has 16 heavy (non-hydrogen) atoms. The molecular formula is C14H19NO. The van der Waals surface area contributed by atoms with Gasteiger partial charge < -0.3 is 10.1 Å². The van der Waals surface area contributed by atoms with E-state index in [1.54, 1.807) is 0 Å². The lowest BCUT2D eigenvalue weighted by molar-refractivity contribution is 0.0112. The van der Waals surface area contributed by atoms with Gasteiger partial charge in [-0.25, -0.2) is 0 Å². The molecule has 1 aliphatic carbocycles. The van der Waals surface area contributed by atoms with Gasteiger partial charge in [-0.2, -0.15) is 0 Å². The zero-order chi connectivity index (χ0) is 11.0. The van der Waals surface area contributed by atoms with Crippen LogP contribution in [-0.4, -0.2) is 12.1 Å². The maximum absolute atomic E-state index is 6.08. The highest BCUT2D eigenvalue weighted by atomic mass is 16.5. The van der Waals surface area contributed by atoms with E-state index in [-0.39, 0.29) is 5.60 Å². The van der Waals surface area contributed by atoms with Gasteiger partial charge in [0, 0.05) is 12.2 Å². The van der Waals surface area contributed by atoms with Crippen molar-refractivity contribution in [1.29, 1.82) is 0 Å². The molecule has 2 aliphatic rings. The fraction of sp³-hybridized carbons (Fsp3) is 0.571. The molecule has 0 spiro atoms. The third-order valence-electron chi connectivity index (χ3n) is 3.79. The Hall–Kier alpha value is -1.18. The van der Waals surface area contributed by atoms with Crippen LogP contribution in [0.3, 0.4) is 0 Å². The lowest BCUT2D eigenvalue weighted by atomic mass is 9.82. The Labute approximate surface area is 97.0 Å². The third-order valence-corrected chi connectivity index (χ3v) is 3.79. The van der Waals surface area contributed by atoms with Gasteiger partial charge in [0.25, 0.3) is 0 Å². The highest BCUT2D eigenvalue weighted by Gasteiger charge is 2.34. The summed E-state index contributed by atoms with van der Waals surface area (Å²) in [5, 5.41) is 3.43. The van der Waals surface area contributed by atoms with Gasteiger partial charge >= 0.3 is 0 Å². The summed E-state index contributed by atoms with van der Waals surface area (Å²) in [6, 6.07) is 6.47. The minimum Gasteiger partial charge on any atom is -0.488 e. The van der Waals surface area contributed by atoms with Crippen LogP contribution < -0.4 is 10.1 Å². The third kappa shape index (κ3) is 1.77. The highest BCUT2D eigenvalue weighted by molar-refractivity contribution is 5.55. The summed E-state index contributed by atoms with van der Waals surface area (Å²) in [4.78, 5) is 0. The lowest BCUT2D eigenvalue weighted by Crippen LogP contribution is -2.39. The second-order valence-electron chi connectivity index (χ2n) is 5.25. The Kier molecular flexibility index (Phi) is 2.31. The molecule has 1 aromatic rings. The molecule has 1 saturated carbocycles. The maximum atomic E-state index is 6.08. The smallest absolute Gasteiger partial charge is 0.120 e. The first-order valence-electron chi connectivity index (χ1n) is 6.31. The largest absolute Gasteiger partial charge is 0.488 e. The van der Waals surface area contributed by atoms with E-state index in [1.165, 1.54) is 43.4 Å². The van der Waals surface area contributed by atoms with Crippen molar-refractivity contribution in [3.63, 3.8) is 0 Å². The molecular weight excluding hydrogens is 198 g/mol. The van der Waals surface area contributed by atoms with Crippen LogP contribution in [0.5, 0.6) is 5.75 Å². The fourth-order valence-electron chi connectivity index (χ4n) is 2.58. The van der Waals surface area contributed by atoms with Crippen LogP contribution in [0.4, 0.5) is 5.69 Å². The molecule has 1 heterocycles. The Morgan fingerprint density at radius 1 is 1.25 bits per heavy atom. The molecule has 2 heteroatoms. The van der Waals surface area contributed by atoms with Gasteiger partial charge in [0.05, 0.1) is 0 Å². The van der Waals surface area contributed by atoms with Crippen molar-refractivity contribution in [3.05, 3.63) is 23.8 Å². The van der Waals surface area contributed by atoms with Crippen LogP contribution in [0.2, 0.25) is 0 Å². The Bertz CT molecular complexity index is 396. The summed E-state index contributed by atoms with van der Waals surface area (Å²) in [5.74, 6) is 1.05. The maximum Gasteiger partial charge on any atom is 0.120 e. The Balaban J connectivity index is 1.80. The molecule has 1 N–H and O–H groups in total. The minimum atomic E-state index is 0.107. The molecule has 3 rings (SSSR count). The lowest BCUT2D eigenvalue weighted by Gasteiger charge is -2.38. The van der Waals surface area contributed by atoms with E-state index in [0.29, 0.717) is 0 Å². The molecule has 1 aliphatic heterocycles. The summed E-state index contributed by atoms with van der Waals surface area (Å²) in [6.07, 6.45) is 6.11. The fourth-order valence-corrected chi connectivity index (χ4v) is 2.58. The highest BCUT2D eigenvalue weighted by Crippen LogP contribution is 2.37. The molecule has 0 bridgehead atoms. The van der Waals surface area contributed by atoms with Gasteiger partial charge in [0.15, 0.2) is 0 Å². The SMILES string of the molecule is CC1(Oc2ccc3c(c2)CCCN3)CCC1. The number of nitrogens with one attached hydrogen (secondary N) is 1. The number of aryl methyl sites for hydroxylation is 1. The molecule has 2 nitrogen and oxygen atoms in total. The molecule has 0 atom stereocenters. The van der Waals surface area contributed by atoms with Crippen LogP contribution >= 0.6 is 0 Å². The van der Waals surface area contributed by atoms with E-state index in [1.807, 2.05) is 0 Å². The number of hydrogen-bond acceptors (Lipinski definition) is 2. The summed E-state index contributed by atoms with van der Waals surface area (Å²) in [6.45, 7) is 3.32. The van der Waals surface area contributed by atoms with Crippen LogP contribution in [0, 0.1) is 0 Å². The molecule has 0 aromatic heterocycles.